The van der Waals surface area contributed by atoms with Crippen molar-refractivity contribution in [2.75, 3.05) is 26.2 Å². The number of hydrogen-bond acceptors (Lipinski definition) is 5. The van der Waals surface area contributed by atoms with Crippen LogP contribution in [0.5, 0.6) is 5.75 Å². The van der Waals surface area contributed by atoms with Crippen molar-refractivity contribution in [3.8, 4) is 11.8 Å². The fraction of sp³-hybridized carbons (Fsp3) is 0.680. The summed E-state index contributed by atoms with van der Waals surface area (Å²) in [5.41, 5.74) is 1.94. The monoisotopic (exact) mass is 423 g/mol. The van der Waals surface area contributed by atoms with Gasteiger partial charge in [0.05, 0.1) is 24.3 Å². The Morgan fingerprint density at radius 1 is 1.23 bits per heavy atom. The summed E-state index contributed by atoms with van der Waals surface area (Å²) in [6, 6.07) is 8.40. The third-order valence-corrected chi connectivity index (χ3v) is 8.04. The van der Waals surface area contributed by atoms with Gasteiger partial charge in [0.1, 0.15) is 5.75 Å². The van der Waals surface area contributed by atoms with Gasteiger partial charge in [0.15, 0.2) is 0 Å². The van der Waals surface area contributed by atoms with E-state index in [2.05, 4.69) is 16.3 Å². The molecule has 2 aliphatic heterocycles. The van der Waals surface area contributed by atoms with Crippen molar-refractivity contribution < 1.29 is 14.6 Å². The third kappa shape index (κ3) is 4.44. The van der Waals surface area contributed by atoms with Crippen LogP contribution >= 0.6 is 0 Å². The maximum absolute atomic E-state index is 12.2. The van der Waals surface area contributed by atoms with Gasteiger partial charge in [-0.05, 0) is 75.6 Å². The molecule has 2 aliphatic carbocycles. The van der Waals surface area contributed by atoms with E-state index in [0.29, 0.717) is 30.7 Å². The summed E-state index contributed by atoms with van der Waals surface area (Å²) in [5.74, 6) is 2.89. The van der Waals surface area contributed by atoms with Crippen LogP contribution in [0.25, 0.3) is 0 Å². The molecule has 0 bridgehead atoms. The molecule has 3 fully saturated rings. The molecular formula is C25H33N3O3. The van der Waals surface area contributed by atoms with Crippen LogP contribution in [0.15, 0.2) is 18.2 Å². The summed E-state index contributed by atoms with van der Waals surface area (Å²) >= 11 is 0. The molecule has 6 nitrogen and oxygen atoms in total. The van der Waals surface area contributed by atoms with Gasteiger partial charge in [0, 0.05) is 42.4 Å². The van der Waals surface area contributed by atoms with E-state index in [1.807, 2.05) is 18.2 Å². The number of amides is 1. The van der Waals surface area contributed by atoms with Gasteiger partial charge in [-0.3, -0.25) is 4.79 Å². The molecule has 2 atom stereocenters. The Bertz CT molecular complexity index is 852. The summed E-state index contributed by atoms with van der Waals surface area (Å²) in [5, 5.41) is 21.9. The number of nitrogens with one attached hydrogen (secondary N) is 1. The molecule has 0 spiro atoms. The van der Waals surface area contributed by atoms with Gasteiger partial charge in [0.2, 0.25) is 5.91 Å². The average molecular weight is 424 g/mol. The molecule has 5 rings (SSSR count). The fourth-order valence-corrected chi connectivity index (χ4v) is 5.98. The normalized spacial score (nSPS) is 34.6. The van der Waals surface area contributed by atoms with E-state index >= 15 is 0 Å². The number of aliphatic hydroxyl groups excluding tert-OH is 1. The van der Waals surface area contributed by atoms with Crippen LogP contribution in [0, 0.1) is 29.1 Å². The van der Waals surface area contributed by atoms with E-state index in [1.54, 1.807) is 0 Å². The van der Waals surface area contributed by atoms with Gasteiger partial charge in [-0.1, -0.05) is 0 Å². The van der Waals surface area contributed by atoms with Gasteiger partial charge in [-0.2, -0.15) is 5.26 Å². The van der Waals surface area contributed by atoms with Crippen LogP contribution in [-0.4, -0.2) is 54.3 Å². The number of likely N-dealkylation sites (tertiary alicyclic amines) is 1. The molecule has 0 radical (unpaired) electrons. The van der Waals surface area contributed by atoms with Crippen molar-refractivity contribution in [1.29, 1.82) is 5.26 Å². The van der Waals surface area contributed by atoms with Gasteiger partial charge in [-0.25, -0.2) is 0 Å². The molecule has 166 valence electrons. The summed E-state index contributed by atoms with van der Waals surface area (Å²) < 4.78 is 5.97. The smallest absolute Gasteiger partial charge is 0.223 e. The second-order valence-electron chi connectivity index (χ2n) is 10.1. The lowest BCUT2D eigenvalue weighted by Gasteiger charge is -2.34. The maximum atomic E-state index is 12.2. The first-order valence-electron chi connectivity index (χ1n) is 12.0. The lowest BCUT2D eigenvalue weighted by molar-refractivity contribution is -0.132. The number of rotatable bonds is 5. The minimum atomic E-state index is -0.269. The number of nitriles is 1. The first kappa shape index (κ1) is 20.8. The Morgan fingerprint density at radius 3 is 2.77 bits per heavy atom. The summed E-state index contributed by atoms with van der Waals surface area (Å²) in [6.45, 7) is 4.05. The number of ether oxygens (including phenoxy) is 1. The van der Waals surface area contributed by atoms with E-state index in [9.17, 15) is 15.2 Å². The predicted molar refractivity (Wildman–Crippen MR) is 117 cm³/mol. The number of hydrogen-bond donors (Lipinski definition) is 2. The number of carbonyl (C=O) groups is 1. The lowest BCUT2D eigenvalue weighted by atomic mass is 9.80. The SMILES string of the molecule is N#Cc1ccc2c(c1)[C@@H]1CN(CCC3CCC(NC(=O)C4CC(O)C4)CC3)C[C@H]1CO2. The molecule has 1 aromatic rings. The van der Waals surface area contributed by atoms with E-state index in [-0.39, 0.29) is 17.9 Å². The average Bonchev–Trinajstić information content (AvgIpc) is 3.19. The van der Waals surface area contributed by atoms with Crippen molar-refractivity contribution in [3.05, 3.63) is 29.3 Å². The lowest BCUT2D eigenvalue weighted by Crippen LogP contribution is -2.46. The van der Waals surface area contributed by atoms with Crippen LogP contribution in [0.4, 0.5) is 0 Å². The van der Waals surface area contributed by atoms with Crippen LogP contribution in [0.1, 0.15) is 62.0 Å². The van der Waals surface area contributed by atoms with Crippen LogP contribution in [0.2, 0.25) is 0 Å². The maximum Gasteiger partial charge on any atom is 0.223 e. The Labute approximate surface area is 184 Å². The zero-order chi connectivity index (χ0) is 21.4. The number of aliphatic hydroxyl groups is 1. The first-order valence-corrected chi connectivity index (χ1v) is 12.0. The summed E-state index contributed by atoms with van der Waals surface area (Å²) in [7, 11) is 0. The van der Waals surface area contributed by atoms with E-state index in [4.69, 9.17) is 4.74 Å². The van der Waals surface area contributed by atoms with Gasteiger partial charge < -0.3 is 20.1 Å². The quantitative estimate of drug-likeness (QED) is 0.761. The van der Waals surface area contributed by atoms with Crippen LogP contribution < -0.4 is 10.1 Å². The Morgan fingerprint density at radius 2 is 2.03 bits per heavy atom. The van der Waals surface area contributed by atoms with Crippen LogP contribution in [0.3, 0.4) is 0 Å². The predicted octanol–water partition coefficient (Wildman–Crippen LogP) is 2.80. The summed E-state index contributed by atoms with van der Waals surface area (Å²) in [6.07, 6.45) is 6.76. The number of benzene rings is 1. The van der Waals surface area contributed by atoms with Gasteiger partial charge >= 0.3 is 0 Å². The first-order chi connectivity index (χ1) is 15.1. The number of carbonyl (C=O) groups excluding carboxylic acids is 1. The Hall–Kier alpha value is -2.10. The second-order valence-corrected chi connectivity index (χ2v) is 10.1. The highest BCUT2D eigenvalue weighted by Crippen LogP contribution is 2.42. The zero-order valence-corrected chi connectivity index (χ0v) is 18.1. The minimum Gasteiger partial charge on any atom is -0.493 e. The molecule has 2 heterocycles. The van der Waals surface area contributed by atoms with Gasteiger partial charge in [0.25, 0.3) is 0 Å². The molecule has 2 saturated carbocycles. The summed E-state index contributed by atoms with van der Waals surface area (Å²) in [4.78, 5) is 14.8. The third-order valence-electron chi connectivity index (χ3n) is 8.04. The molecular weight excluding hydrogens is 390 g/mol. The Balaban J connectivity index is 1.07. The molecule has 6 heteroatoms. The number of nitrogens with zero attached hydrogens (tertiary/aromatic N) is 2. The zero-order valence-electron chi connectivity index (χ0n) is 18.1. The molecule has 1 amide bonds. The highest BCUT2D eigenvalue weighted by atomic mass is 16.5. The van der Waals surface area contributed by atoms with Crippen molar-refractivity contribution in [1.82, 2.24) is 10.2 Å². The number of fused-ring (bicyclic) bond motifs is 3. The highest BCUT2D eigenvalue weighted by Gasteiger charge is 2.39. The highest BCUT2D eigenvalue weighted by molar-refractivity contribution is 5.79. The fourth-order valence-electron chi connectivity index (χ4n) is 5.98. The molecule has 0 aromatic heterocycles. The largest absolute Gasteiger partial charge is 0.493 e. The minimum absolute atomic E-state index is 0.0322. The van der Waals surface area contributed by atoms with Crippen LogP contribution in [-0.2, 0) is 4.79 Å². The van der Waals surface area contributed by atoms with Crippen molar-refractivity contribution >= 4 is 5.91 Å². The van der Waals surface area contributed by atoms with Crippen molar-refractivity contribution in [3.63, 3.8) is 0 Å². The Kier molecular flexibility index (Phi) is 5.90. The molecule has 2 N–H and O–H groups in total. The standard InChI is InChI=1S/C25H33N3O3/c26-12-17-3-6-24-22(9-17)23-14-28(13-19(23)15-31-24)8-7-16-1-4-20(5-2-16)27-25(30)18-10-21(29)11-18/h3,6,9,16,18-21,23,29H,1-2,4-5,7-8,10-11,13-15H2,(H,27,30)/t16?,18?,19-,20?,21?,23+/m0/s1. The molecule has 1 aromatic carbocycles. The van der Waals surface area contributed by atoms with E-state index in [0.717, 1.165) is 56.3 Å². The van der Waals surface area contributed by atoms with Gasteiger partial charge in [-0.15, -0.1) is 0 Å². The van der Waals surface area contributed by atoms with Crippen molar-refractivity contribution in [2.24, 2.45) is 17.8 Å². The molecule has 31 heavy (non-hydrogen) atoms. The second kappa shape index (κ2) is 8.80. The molecule has 1 saturated heterocycles. The topological polar surface area (TPSA) is 85.6 Å². The molecule has 4 aliphatic rings. The molecule has 0 unspecified atom stereocenters. The van der Waals surface area contributed by atoms with E-state index in [1.165, 1.54) is 24.8 Å². The van der Waals surface area contributed by atoms with E-state index < -0.39 is 0 Å². The van der Waals surface area contributed by atoms with Crippen molar-refractivity contribution in [2.45, 2.75) is 63.0 Å².